The molecule has 2 unspecified atom stereocenters. The molecule has 1 fully saturated rings. The summed E-state index contributed by atoms with van der Waals surface area (Å²) in [6.45, 7) is 2.99. The summed E-state index contributed by atoms with van der Waals surface area (Å²) in [5, 5.41) is 2.23. The third kappa shape index (κ3) is 7.27. The Hall–Kier alpha value is -3.95. The lowest BCUT2D eigenvalue weighted by Gasteiger charge is -2.42. The molecule has 1 N–H and O–H groups in total. The number of benzene rings is 2. The highest BCUT2D eigenvalue weighted by Gasteiger charge is 2.45. The number of hydrogen-bond donors (Lipinski definition) is 1. The first-order valence-electron chi connectivity index (χ1n) is 14.3. The molecule has 4 rings (SSSR count). The van der Waals surface area contributed by atoms with Crippen LogP contribution in [-0.2, 0) is 25.6 Å². The molecule has 1 heterocycles. The molecule has 10 heteroatoms. The van der Waals surface area contributed by atoms with Gasteiger partial charge >= 0.3 is 6.18 Å². The van der Waals surface area contributed by atoms with E-state index in [0.29, 0.717) is 16.8 Å². The van der Waals surface area contributed by atoms with Gasteiger partial charge in [0.15, 0.2) is 0 Å². The van der Waals surface area contributed by atoms with Crippen molar-refractivity contribution >= 4 is 29.2 Å². The Labute approximate surface area is 243 Å². The van der Waals surface area contributed by atoms with Crippen molar-refractivity contribution in [1.29, 1.82) is 0 Å². The number of hydrogen-bond acceptors (Lipinski definition) is 4. The van der Waals surface area contributed by atoms with Gasteiger partial charge in [-0.3, -0.25) is 24.1 Å². The molecule has 7 nitrogen and oxygen atoms in total. The average Bonchev–Trinajstić information content (AvgIpc) is 2.97. The lowest BCUT2D eigenvalue weighted by molar-refractivity contribution is -0.173. The van der Waals surface area contributed by atoms with E-state index in [4.69, 9.17) is 0 Å². The fourth-order valence-electron chi connectivity index (χ4n) is 5.69. The van der Waals surface area contributed by atoms with Gasteiger partial charge in [-0.1, -0.05) is 93.8 Å². The molecule has 0 aromatic heterocycles. The van der Waals surface area contributed by atoms with E-state index >= 15 is 0 Å². The summed E-state index contributed by atoms with van der Waals surface area (Å²) >= 11 is 0. The van der Waals surface area contributed by atoms with E-state index < -0.39 is 42.4 Å². The number of nitrogens with zero attached hydrogens (tertiary/aromatic N) is 2. The molecule has 2 aromatic rings. The summed E-state index contributed by atoms with van der Waals surface area (Å²) in [5.74, 6) is -4.15. The SMILES string of the molecule is CC(C)C1C(=O)N(CC(=O)NC(Cc2ccccc2)C(=O)C(F)(F)F)C(c2ccccc2)=CN1C(=O)C1CCCCC1. The second-order valence-corrected chi connectivity index (χ2v) is 11.2. The number of amides is 3. The minimum absolute atomic E-state index is 0.141. The molecule has 42 heavy (non-hydrogen) atoms. The minimum atomic E-state index is -5.16. The van der Waals surface area contributed by atoms with Crippen molar-refractivity contribution in [3.8, 4) is 0 Å². The van der Waals surface area contributed by atoms with E-state index in [1.807, 2.05) is 0 Å². The average molecular weight is 584 g/mol. The van der Waals surface area contributed by atoms with Gasteiger partial charge in [0.25, 0.3) is 11.7 Å². The van der Waals surface area contributed by atoms with Gasteiger partial charge in [-0.05, 0) is 29.9 Å². The van der Waals surface area contributed by atoms with Gasteiger partial charge < -0.3 is 10.2 Å². The second-order valence-electron chi connectivity index (χ2n) is 11.2. The van der Waals surface area contributed by atoms with Crippen LogP contribution in [0.4, 0.5) is 13.2 Å². The van der Waals surface area contributed by atoms with Crippen LogP contribution in [0, 0.1) is 11.8 Å². The van der Waals surface area contributed by atoms with Crippen LogP contribution in [0.15, 0.2) is 66.9 Å². The van der Waals surface area contributed by atoms with Gasteiger partial charge in [-0.2, -0.15) is 13.2 Å². The van der Waals surface area contributed by atoms with Crippen LogP contribution in [0.1, 0.15) is 57.1 Å². The molecular formula is C32H36F3N3O4. The van der Waals surface area contributed by atoms with Crippen LogP contribution < -0.4 is 5.32 Å². The minimum Gasteiger partial charge on any atom is -0.344 e. The van der Waals surface area contributed by atoms with E-state index in [0.717, 1.165) is 32.1 Å². The molecule has 3 amide bonds. The van der Waals surface area contributed by atoms with Crippen LogP contribution in [0.5, 0.6) is 0 Å². The summed E-state index contributed by atoms with van der Waals surface area (Å²) in [6, 6.07) is 14.1. The molecule has 1 aliphatic carbocycles. The molecule has 0 saturated heterocycles. The Kier molecular flexibility index (Phi) is 9.85. The van der Waals surface area contributed by atoms with Crippen LogP contribution in [0.2, 0.25) is 0 Å². The first-order chi connectivity index (χ1) is 20.0. The predicted molar refractivity (Wildman–Crippen MR) is 151 cm³/mol. The molecular weight excluding hydrogens is 547 g/mol. The highest BCUT2D eigenvalue weighted by molar-refractivity contribution is 6.01. The summed E-state index contributed by atoms with van der Waals surface area (Å²) in [6.07, 6.45) is 0.486. The van der Waals surface area contributed by atoms with E-state index in [1.165, 1.54) is 9.80 Å². The first kappa shape index (κ1) is 31.0. The zero-order valence-corrected chi connectivity index (χ0v) is 23.8. The number of rotatable bonds is 9. The Morgan fingerprint density at radius 3 is 2.10 bits per heavy atom. The zero-order valence-electron chi connectivity index (χ0n) is 23.8. The van der Waals surface area contributed by atoms with Crippen LogP contribution >= 0.6 is 0 Å². The zero-order chi connectivity index (χ0) is 30.4. The molecule has 1 aliphatic heterocycles. The lowest BCUT2D eigenvalue weighted by atomic mass is 9.87. The van der Waals surface area contributed by atoms with Crippen LogP contribution in [0.25, 0.3) is 5.70 Å². The van der Waals surface area contributed by atoms with Crippen molar-refractivity contribution in [2.75, 3.05) is 6.54 Å². The van der Waals surface area contributed by atoms with E-state index in [9.17, 15) is 32.3 Å². The number of alkyl halides is 3. The van der Waals surface area contributed by atoms with Crippen molar-refractivity contribution < 1.29 is 32.3 Å². The molecule has 1 saturated carbocycles. The molecule has 0 spiro atoms. The van der Waals surface area contributed by atoms with Crippen molar-refractivity contribution in [1.82, 2.24) is 15.1 Å². The maximum atomic E-state index is 14.0. The summed E-state index contributed by atoms with van der Waals surface area (Å²) in [5.41, 5.74) is 1.30. The number of halogens is 3. The van der Waals surface area contributed by atoms with Crippen molar-refractivity contribution in [2.24, 2.45) is 11.8 Å². The summed E-state index contributed by atoms with van der Waals surface area (Å²) in [4.78, 5) is 56.0. The van der Waals surface area contributed by atoms with E-state index in [2.05, 4.69) is 5.32 Å². The second kappa shape index (κ2) is 13.4. The Morgan fingerprint density at radius 2 is 1.52 bits per heavy atom. The van der Waals surface area contributed by atoms with Gasteiger partial charge in [-0.25, -0.2) is 0 Å². The highest BCUT2D eigenvalue weighted by Crippen LogP contribution is 2.33. The maximum absolute atomic E-state index is 14.0. The number of carbonyl (C=O) groups is 4. The largest absolute Gasteiger partial charge is 0.452 e. The maximum Gasteiger partial charge on any atom is 0.452 e. The Balaban J connectivity index is 1.65. The monoisotopic (exact) mass is 583 g/mol. The molecule has 0 radical (unpaired) electrons. The standard InChI is InChI=1S/C32H36F3N3O4/c1-21(2)28-31(42)37(20-27(39)36-25(29(40)32(33,34)35)18-22-12-6-3-7-13-22)26(23-14-8-4-9-15-23)19-38(28)30(41)24-16-10-5-11-17-24/h3-4,6-9,12-15,19,21,24-25,28H,5,10-11,16-18,20H2,1-2H3,(H,36,39). The van der Waals surface area contributed by atoms with Gasteiger partial charge in [0.05, 0.1) is 5.70 Å². The fraction of sp³-hybridized carbons (Fsp3) is 0.438. The van der Waals surface area contributed by atoms with Gasteiger partial charge in [0.1, 0.15) is 18.6 Å². The Morgan fingerprint density at radius 1 is 0.929 bits per heavy atom. The molecule has 2 aromatic carbocycles. The molecule has 224 valence electrons. The van der Waals surface area contributed by atoms with Gasteiger partial charge in [0.2, 0.25) is 11.8 Å². The Bertz CT molecular complexity index is 1310. The quantitative estimate of drug-likeness (QED) is 0.444. The third-order valence-corrected chi connectivity index (χ3v) is 7.80. The summed E-state index contributed by atoms with van der Waals surface area (Å²) < 4.78 is 40.4. The predicted octanol–water partition coefficient (Wildman–Crippen LogP) is 5.12. The summed E-state index contributed by atoms with van der Waals surface area (Å²) in [7, 11) is 0. The topological polar surface area (TPSA) is 86.8 Å². The smallest absolute Gasteiger partial charge is 0.344 e. The van der Waals surface area contributed by atoms with Crippen molar-refractivity contribution in [2.45, 2.75) is 70.6 Å². The molecule has 0 bridgehead atoms. The fourth-order valence-corrected chi connectivity index (χ4v) is 5.69. The van der Waals surface area contributed by atoms with Crippen LogP contribution in [-0.4, -0.2) is 58.1 Å². The third-order valence-electron chi connectivity index (χ3n) is 7.80. The van der Waals surface area contributed by atoms with Crippen molar-refractivity contribution in [3.05, 3.63) is 78.0 Å². The molecule has 2 aliphatic rings. The highest BCUT2D eigenvalue weighted by atomic mass is 19.4. The van der Waals surface area contributed by atoms with Gasteiger partial charge in [-0.15, -0.1) is 0 Å². The van der Waals surface area contributed by atoms with Crippen LogP contribution in [0.3, 0.4) is 0 Å². The number of carbonyl (C=O) groups excluding carboxylic acids is 4. The van der Waals surface area contributed by atoms with E-state index in [-0.39, 0.29) is 24.2 Å². The van der Waals surface area contributed by atoms with E-state index in [1.54, 1.807) is 80.7 Å². The molecule has 2 atom stereocenters. The number of Topliss-reactive ketones (excluding diaryl/α,β-unsaturated/α-hetero) is 1. The normalized spacial score (nSPS) is 19.0. The van der Waals surface area contributed by atoms with Gasteiger partial charge in [0, 0.05) is 18.5 Å². The lowest BCUT2D eigenvalue weighted by Crippen LogP contribution is -2.58. The first-order valence-corrected chi connectivity index (χ1v) is 14.3. The van der Waals surface area contributed by atoms with Crippen molar-refractivity contribution in [3.63, 3.8) is 0 Å². The number of ketones is 1. The number of nitrogens with one attached hydrogen (secondary N) is 1.